The molecule has 0 unspecified atom stereocenters. The smallest absolute Gasteiger partial charge is 0.103 e. The third-order valence-corrected chi connectivity index (χ3v) is 6.44. The Morgan fingerprint density at radius 1 is 1.00 bits per heavy atom. The van der Waals surface area contributed by atoms with Crippen molar-refractivity contribution in [2.75, 3.05) is 5.43 Å². The number of nitrogens with two attached hydrogens (primary N) is 1. The van der Waals surface area contributed by atoms with Gasteiger partial charge in [0.2, 0.25) is 0 Å². The van der Waals surface area contributed by atoms with Crippen LogP contribution in [0, 0.1) is 23.7 Å². The minimum Gasteiger partial charge on any atom is -0.315 e. The fourth-order valence-corrected chi connectivity index (χ4v) is 6.11. The normalized spacial score (nSPS) is 43.0. The summed E-state index contributed by atoms with van der Waals surface area (Å²) in [5, 5.41) is 1.12. The highest BCUT2D eigenvalue weighted by Crippen LogP contribution is 2.60. The van der Waals surface area contributed by atoms with Crippen molar-refractivity contribution in [1.82, 2.24) is 0 Å². The number of hydrogen-bond acceptors (Lipinski definition) is 3. The van der Waals surface area contributed by atoms with Crippen LogP contribution in [-0.4, -0.2) is 0 Å². The Balaban J connectivity index is 1.65. The zero-order chi connectivity index (χ0) is 11.4. The molecule has 3 heteroatoms. The maximum Gasteiger partial charge on any atom is 0.103 e. The summed E-state index contributed by atoms with van der Waals surface area (Å²) in [7, 11) is 0. The van der Waals surface area contributed by atoms with Crippen molar-refractivity contribution in [3.8, 4) is 0 Å². The van der Waals surface area contributed by atoms with Gasteiger partial charge in [-0.15, -0.1) is 11.3 Å². The van der Waals surface area contributed by atoms with Crippen molar-refractivity contribution in [3.05, 3.63) is 17.0 Å². The molecule has 4 aliphatic rings. The topological polar surface area (TPSA) is 38.0 Å². The van der Waals surface area contributed by atoms with Crippen LogP contribution in [0.4, 0.5) is 5.00 Å². The highest BCUT2D eigenvalue weighted by molar-refractivity contribution is 7.16. The molecule has 4 bridgehead atoms. The summed E-state index contributed by atoms with van der Waals surface area (Å²) in [6.45, 7) is 0. The van der Waals surface area contributed by atoms with Crippen LogP contribution in [0.3, 0.4) is 0 Å². The summed E-state index contributed by atoms with van der Waals surface area (Å²) in [6.07, 6.45) is 7.55. The van der Waals surface area contributed by atoms with E-state index < -0.39 is 0 Å². The van der Waals surface area contributed by atoms with Gasteiger partial charge in [-0.2, -0.15) is 0 Å². The van der Waals surface area contributed by atoms with E-state index in [-0.39, 0.29) is 0 Å². The molecule has 4 aliphatic carbocycles. The summed E-state index contributed by atoms with van der Waals surface area (Å²) in [6, 6.07) is 4.46. The van der Waals surface area contributed by atoms with Gasteiger partial charge in [0, 0.05) is 4.88 Å². The van der Waals surface area contributed by atoms with Crippen LogP contribution in [0.25, 0.3) is 0 Å². The standard InChI is InChI=1S/C14H20N2S/c15-16-13-2-1-12(17-13)14-10-4-8-3-9(6-10)7-11(14)5-8/h1-2,8-11,14,16H,3-7,15H2. The lowest BCUT2D eigenvalue weighted by atomic mass is 9.51. The molecular weight excluding hydrogens is 228 g/mol. The highest BCUT2D eigenvalue weighted by Gasteiger charge is 2.48. The summed E-state index contributed by atoms with van der Waals surface area (Å²) in [4.78, 5) is 1.59. The lowest BCUT2D eigenvalue weighted by molar-refractivity contribution is -0.00160. The van der Waals surface area contributed by atoms with Crippen molar-refractivity contribution in [3.63, 3.8) is 0 Å². The number of nitrogen functional groups attached to an aromatic ring is 1. The summed E-state index contributed by atoms with van der Waals surface area (Å²) in [5.74, 6) is 10.5. The Morgan fingerprint density at radius 2 is 1.65 bits per heavy atom. The molecule has 5 rings (SSSR count). The molecule has 0 atom stereocenters. The van der Waals surface area contributed by atoms with E-state index in [9.17, 15) is 0 Å². The van der Waals surface area contributed by atoms with Gasteiger partial charge in [0.1, 0.15) is 5.00 Å². The Morgan fingerprint density at radius 3 is 2.18 bits per heavy atom. The third kappa shape index (κ3) is 1.55. The highest BCUT2D eigenvalue weighted by atomic mass is 32.1. The van der Waals surface area contributed by atoms with E-state index in [0.717, 1.165) is 34.6 Å². The molecule has 0 aliphatic heterocycles. The molecule has 2 nitrogen and oxygen atoms in total. The maximum absolute atomic E-state index is 5.50. The largest absolute Gasteiger partial charge is 0.315 e. The number of rotatable bonds is 2. The summed E-state index contributed by atoms with van der Waals surface area (Å²) < 4.78 is 0. The summed E-state index contributed by atoms with van der Waals surface area (Å²) >= 11 is 1.88. The van der Waals surface area contributed by atoms with Gasteiger partial charge >= 0.3 is 0 Å². The number of hydrogen-bond donors (Lipinski definition) is 2. The Bertz CT molecular complexity index is 398. The van der Waals surface area contributed by atoms with Gasteiger partial charge in [-0.05, 0) is 73.8 Å². The zero-order valence-electron chi connectivity index (χ0n) is 10.1. The zero-order valence-corrected chi connectivity index (χ0v) is 10.9. The van der Waals surface area contributed by atoms with E-state index in [0.29, 0.717) is 0 Å². The monoisotopic (exact) mass is 248 g/mol. The first kappa shape index (κ1) is 10.4. The predicted octanol–water partition coefficient (Wildman–Crippen LogP) is 3.57. The second-order valence-corrected chi connectivity index (χ2v) is 7.42. The average molecular weight is 248 g/mol. The average Bonchev–Trinajstić information content (AvgIpc) is 2.76. The first-order valence-corrected chi connectivity index (χ1v) is 7.71. The molecule has 3 N–H and O–H groups in total. The predicted molar refractivity (Wildman–Crippen MR) is 71.9 cm³/mol. The van der Waals surface area contributed by atoms with E-state index in [1.54, 1.807) is 11.3 Å². The minimum atomic E-state index is 0.856. The quantitative estimate of drug-likeness (QED) is 0.620. The molecule has 0 radical (unpaired) electrons. The number of anilines is 1. The lowest BCUT2D eigenvalue weighted by Crippen LogP contribution is -2.43. The molecule has 4 fully saturated rings. The molecule has 1 aromatic rings. The molecule has 17 heavy (non-hydrogen) atoms. The molecule has 1 aromatic heterocycles. The first-order valence-electron chi connectivity index (χ1n) is 6.90. The van der Waals surface area contributed by atoms with Crippen molar-refractivity contribution in [1.29, 1.82) is 0 Å². The van der Waals surface area contributed by atoms with Gasteiger partial charge in [-0.1, -0.05) is 0 Å². The molecule has 0 spiro atoms. The van der Waals surface area contributed by atoms with Crippen LogP contribution in [-0.2, 0) is 0 Å². The van der Waals surface area contributed by atoms with Crippen molar-refractivity contribution < 1.29 is 0 Å². The second kappa shape index (κ2) is 3.72. The molecule has 1 heterocycles. The van der Waals surface area contributed by atoms with Crippen LogP contribution < -0.4 is 11.3 Å². The molecule has 0 aromatic carbocycles. The van der Waals surface area contributed by atoms with E-state index in [1.165, 1.54) is 25.7 Å². The lowest BCUT2D eigenvalue weighted by Gasteiger charge is -2.54. The molecule has 0 saturated heterocycles. The molecule has 92 valence electrons. The van der Waals surface area contributed by atoms with Gasteiger partial charge in [0.25, 0.3) is 0 Å². The van der Waals surface area contributed by atoms with Crippen LogP contribution in [0.5, 0.6) is 0 Å². The third-order valence-electron chi connectivity index (χ3n) is 5.32. The maximum atomic E-state index is 5.50. The van der Waals surface area contributed by atoms with Gasteiger partial charge < -0.3 is 5.43 Å². The number of nitrogens with one attached hydrogen (secondary N) is 1. The SMILES string of the molecule is NNc1ccc(C2C3CC4CC(C3)CC2C4)s1. The number of hydrazine groups is 1. The molecule has 0 amide bonds. The Hall–Kier alpha value is -0.540. The molecular formula is C14H20N2S. The van der Waals surface area contributed by atoms with E-state index in [1.807, 2.05) is 11.3 Å². The fourth-order valence-electron chi connectivity index (χ4n) is 5.00. The second-order valence-electron chi connectivity index (χ2n) is 6.30. The van der Waals surface area contributed by atoms with E-state index >= 15 is 0 Å². The Labute approximate surface area is 107 Å². The van der Waals surface area contributed by atoms with Crippen LogP contribution in [0.2, 0.25) is 0 Å². The summed E-state index contributed by atoms with van der Waals surface area (Å²) in [5.41, 5.74) is 2.79. The Kier molecular flexibility index (Phi) is 2.28. The van der Waals surface area contributed by atoms with Gasteiger partial charge in [0.05, 0.1) is 0 Å². The number of thiophene rings is 1. The minimum absolute atomic E-state index is 0.856. The van der Waals surface area contributed by atoms with Crippen molar-refractivity contribution in [2.24, 2.45) is 29.5 Å². The first-order chi connectivity index (χ1) is 8.33. The van der Waals surface area contributed by atoms with Gasteiger partial charge in [-0.3, -0.25) is 0 Å². The fraction of sp³-hybridized carbons (Fsp3) is 0.714. The van der Waals surface area contributed by atoms with Crippen molar-refractivity contribution >= 4 is 16.3 Å². The van der Waals surface area contributed by atoms with Gasteiger partial charge in [0.15, 0.2) is 0 Å². The van der Waals surface area contributed by atoms with Crippen LogP contribution >= 0.6 is 11.3 Å². The van der Waals surface area contributed by atoms with Gasteiger partial charge in [-0.25, -0.2) is 5.84 Å². The van der Waals surface area contributed by atoms with Crippen LogP contribution in [0.15, 0.2) is 12.1 Å². The van der Waals surface area contributed by atoms with Crippen LogP contribution in [0.1, 0.15) is 42.9 Å². The van der Waals surface area contributed by atoms with E-state index in [4.69, 9.17) is 5.84 Å². The van der Waals surface area contributed by atoms with E-state index in [2.05, 4.69) is 17.6 Å². The van der Waals surface area contributed by atoms with Crippen molar-refractivity contribution in [2.45, 2.75) is 38.0 Å². The molecule has 4 saturated carbocycles.